The number of nitrogens with one attached hydrogen (secondary N) is 1. The van der Waals surface area contributed by atoms with Crippen LogP contribution in [0.3, 0.4) is 0 Å². The molecular formula is C20H21NO2. The minimum atomic E-state index is -0.117. The van der Waals surface area contributed by atoms with Crippen molar-refractivity contribution in [3.05, 3.63) is 84.5 Å². The average molecular weight is 307 g/mol. The summed E-state index contributed by atoms with van der Waals surface area (Å²) in [5.74, 6) is 0.664. The van der Waals surface area contributed by atoms with Crippen molar-refractivity contribution in [3.8, 4) is 5.75 Å². The SMILES string of the molecule is C=CCOc1ccc(/C=C/C(=O)N[C@H](C)c2ccccc2)cc1. The van der Waals surface area contributed by atoms with Gasteiger partial charge in [-0.25, -0.2) is 0 Å². The van der Waals surface area contributed by atoms with Crippen molar-refractivity contribution in [1.29, 1.82) is 0 Å². The Morgan fingerprint density at radius 3 is 2.52 bits per heavy atom. The van der Waals surface area contributed by atoms with E-state index in [9.17, 15) is 4.79 Å². The predicted octanol–water partition coefficient (Wildman–Crippen LogP) is 4.14. The smallest absolute Gasteiger partial charge is 0.244 e. The van der Waals surface area contributed by atoms with Gasteiger partial charge in [0.1, 0.15) is 12.4 Å². The average Bonchev–Trinajstić information content (AvgIpc) is 2.59. The zero-order chi connectivity index (χ0) is 16.5. The fourth-order valence-corrected chi connectivity index (χ4v) is 2.09. The molecule has 0 aliphatic rings. The van der Waals surface area contributed by atoms with E-state index in [0.29, 0.717) is 6.61 Å². The molecule has 0 unspecified atom stereocenters. The quantitative estimate of drug-likeness (QED) is 0.616. The van der Waals surface area contributed by atoms with Crippen molar-refractivity contribution in [2.24, 2.45) is 0 Å². The molecule has 1 amide bonds. The van der Waals surface area contributed by atoms with Gasteiger partial charge in [-0.2, -0.15) is 0 Å². The fraction of sp³-hybridized carbons (Fsp3) is 0.150. The number of hydrogen-bond donors (Lipinski definition) is 1. The summed E-state index contributed by atoms with van der Waals surface area (Å²) in [5, 5.41) is 2.94. The minimum absolute atomic E-state index is 0.0250. The molecule has 0 aliphatic carbocycles. The predicted molar refractivity (Wildman–Crippen MR) is 94.2 cm³/mol. The van der Waals surface area contributed by atoms with Crippen LogP contribution < -0.4 is 10.1 Å². The van der Waals surface area contributed by atoms with Crippen LogP contribution in [0, 0.1) is 0 Å². The van der Waals surface area contributed by atoms with Gasteiger partial charge in [0.25, 0.3) is 0 Å². The highest BCUT2D eigenvalue weighted by atomic mass is 16.5. The molecule has 1 atom stereocenters. The maximum atomic E-state index is 12.0. The minimum Gasteiger partial charge on any atom is -0.490 e. The van der Waals surface area contributed by atoms with Crippen LogP contribution in [0.2, 0.25) is 0 Å². The van der Waals surface area contributed by atoms with Crippen LogP contribution in [0.25, 0.3) is 6.08 Å². The summed E-state index contributed by atoms with van der Waals surface area (Å²) >= 11 is 0. The largest absolute Gasteiger partial charge is 0.490 e. The molecule has 0 saturated heterocycles. The molecule has 0 aromatic heterocycles. The molecule has 3 heteroatoms. The van der Waals surface area contributed by atoms with E-state index in [4.69, 9.17) is 4.74 Å². The first-order chi connectivity index (χ1) is 11.2. The number of benzene rings is 2. The van der Waals surface area contributed by atoms with E-state index in [0.717, 1.165) is 16.9 Å². The van der Waals surface area contributed by atoms with Crippen molar-refractivity contribution in [3.63, 3.8) is 0 Å². The van der Waals surface area contributed by atoms with Crippen LogP contribution in [-0.4, -0.2) is 12.5 Å². The molecule has 1 N–H and O–H groups in total. The van der Waals surface area contributed by atoms with E-state index >= 15 is 0 Å². The summed E-state index contributed by atoms with van der Waals surface area (Å²) in [4.78, 5) is 12.0. The van der Waals surface area contributed by atoms with Crippen LogP contribution in [0.1, 0.15) is 24.1 Å². The van der Waals surface area contributed by atoms with Crippen molar-refractivity contribution < 1.29 is 9.53 Å². The first-order valence-corrected chi connectivity index (χ1v) is 7.56. The topological polar surface area (TPSA) is 38.3 Å². The summed E-state index contributed by atoms with van der Waals surface area (Å²) < 4.78 is 5.42. The number of carbonyl (C=O) groups excluding carboxylic acids is 1. The third kappa shape index (κ3) is 5.47. The Morgan fingerprint density at radius 1 is 1.17 bits per heavy atom. The zero-order valence-electron chi connectivity index (χ0n) is 13.2. The summed E-state index contributed by atoms with van der Waals surface area (Å²) in [6, 6.07) is 17.4. The first kappa shape index (κ1) is 16.6. The van der Waals surface area contributed by atoms with Crippen molar-refractivity contribution >= 4 is 12.0 Å². The molecule has 2 rings (SSSR count). The number of hydrogen-bond acceptors (Lipinski definition) is 2. The molecule has 0 spiro atoms. The lowest BCUT2D eigenvalue weighted by Gasteiger charge is -2.12. The second-order valence-electron chi connectivity index (χ2n) is 5.14. The van der Waals surface area contributed by atoms with Gasteiger partial charge in [0, 0.05) is 6.08 Å². The van der Waals surface area contributed by atoms with Crippen LogP contribution >= 0.6 is 0 Å². The van der Waals surface area contributed by atoms with E-state index in [1.165, 1.54) is 0 Å². The van der Waals surface area contributed by atoms with Gasteiger partial charge in [-0.1, -0.05) is 55.1 Å². The van der Waals surface area contributed by atoms with E-state index in [-0.39, 0.29) is 11.9 Å². The van der Waals surface area contributed by atoms with Gasteiger partial charge in [0.05, 0.1) is 6.04 Å². The van der Waals surface area contributed by atoms with Gasteiger partial charge in [0.15, 0.2) is 0 Å². The highest BCUT2D eigenvalue weighted by molar-refractivity contribution is 5.91. The van der Waals surface area contributed by atoms with Gasteiger partial charge in [-0.3, -0.25) is 4.79 Å². The molecule has 3 nitrogen and oxygen atoms in total. The maximum Gasteiger partial charge on any atom is 0.244 e. The molecular weight excluding hydrogens is 286 g/mol. The van der Waals surface area contributed by atoms with Crippen molar-refractivity contribution in [1.82, 2.24) is 5.32 Å². The lowest BCUT2D eigenvalue weighted by molar-refractivity contribution is -0.117. The maximum absolute atomic E-state index is 12.0. The standard InChI is InChI=1S/C20H21NO2/c1-3-15-23-19-12-9-17(10-13-19)11-14-20(22)21-16(2)18-7-5-4-6-8-18/h3-14,16H,1,15H2,2H3,(H,21,22)/b14-11+/t16-/m1/s1. The molecule has 23 heavy (non-hydrogen) atoms. The third-order valence-electron chi connectivity index (χ3n) is 3.33. The first-order valence-electron chi connectivity index (χ1n) is 7.56. The molecule has 0 saturated carbocycles. The van der Waals surface area contributed by atoms with Gasteiger partial charge < -0.3 is 10.1 Å². The van der Waals surface area contributed by atoms with Gasteiger partial charge >= 0.3 is 0 Å². The molecule has 118 valence electrons. The van der Waals surface area contributed by atoms with Crippen LogP contribution in [0.15, 0.2) is 73.3 Å². The Kier molecular flexibility index (Phi) is 6.18. The fourth-order valence-electron chi connectivity index (χ4n) is 2.09. The Bertz CT molecular complexity index is 660. The second kappa shape index (κ2) is 8.59. The summed E-state index contributed by atoms with van der Waals surface area (Å²) in [6.45, 7) is 6.05. The number of carbonyl (C=O) groups is 1. The number of ether oxygens (including phenoxy) is 1. The van der Waals surface area contributed by atoms with Gasteiger partial charge in [-0.15, -0.1) is 0 Å². The van der Waals surface area contributed by atoms with Gasteiger partial charge in [0.2, 0.25) is 5.91 Å². The molecule has 2 aromatic carbocycles. The third-order valence-corrected chi connectivity index (χ3v) is 3.33. The number of rotatable bonds is 7. The summed E-state index contributed by atoms with van der Waals surface area (Å²) in [6.07, 6.45) is 5.02. The monoisotopic (exact) mass is 307 g/mol. The highest BCUT2D eigenvalue weighted by Gasteiger charge is 2.06. The van der Waals surface area contributed by atoms with E-state index in [2.05, 4.69) is 11.9 Å². The molecule has 0 aliphatic heterocycles. The lowest BCUT2D eigenvalue weighted by Crippen LogP contribution is -2.24. The Morgan fingerprint density at radius 2 is 1.87 bits per heavy atom. The molecule has 0 bridgehead atoms. The second-order valence-corrected chi connectivity index (χ2v) is 5.14. The van der Waals surface area contributed by atoms with Crippen LogP contribution in [-0.2, 0) is 4.79 Å². The van der Waals surface area contributed by atoms with Crippen molar-refractivity contribution in [2.75, 3.05) is 6.61 Å². The molecule has 2 aromatic rings. The molecule has 0 radical (unpaired) electrons. The molecule has 0 fully saturated rings. The highest BCUT2D eigenvalue weighted by Crippen LogP contribution is 2.14. The van der Waals surface area contributed by atoms with Gasteiger partial charge in [-0.05, 0) is 36.3 Å². The van der Waals surface area contributed by atoms with Crippen molar-refractivity contribution in [2.45, 2.75) is 13.0 Å². The Labute approximate surface area is 137 Å². The van der Waals surface area contributed by atoms with E-state index in [1.54, 1.807) is 18.2 Å². The lowest BCUT2D eigenvalue weighted by atomic mass is 10.1. The number of amides is 1. The van der Waals surface area contributed by atoms with Crippen LogP contribution in [0.4, 0.5) is 0 Å². The Balaban J connectivity index is 1.89. The molecule has 0 heterocycles. The van der Waals surface area contributed by atoms with Crippen LogP contribution in [0.5, 0.6) is 5.75 Å². The Hall–Kier alpha value is -2.81. The summed E-state index contributed by atoms with van der Waals surface area (Å²) in [5.41, 5.74) is 2.02. The normalized spacial score (nSPS) is 11.9. The van der Waals surface area contributed by atoms with E-state index < -0.39 is 0 Å². The zero-order valence-corrected chi connectivity index (χ0v) is 13.2. The summed E-state index contributed by atoms with van der Waals surface area (Å²) in [7, 11) is 0. The van der Waals surface area contributed by atoms with E-state index in [1.807, 2.05) is 61.5 Å².